The van der Waals surface area contributed by atoms with E-state index < -0.39 is 24.0 Å². The van der Waals surface area contributed by atoms with Gasteiger partial charge in [-0.2, -0.15) is 0 Å². The number of fused-ring (bicyclic) bond motifs is 2. The zero-order valence-corrected chi connectivity index (χ0v) is 21.4. The number of rotatable bonds is 3. The first kappa shape index (κ1) is 26.3. The Morgan fingerprint density at radius 3 is 2.38 bits per heavy atom. The number of aromatic hydroxyl groups is 1. The summed E-state index contributed by atoms with van der Waals surface area (Å²) in [7, 11) is 3.06. The number of cyclic esters (lactones) is 1. The van der Waals surface area contributed by atoms with Crippen LogP contribution in [0.2, 0.25) is 0 Å². The van der Waals surface area contributed by atoms with Crippen molar-refractivity contribution in [2.24, 2.45) is 0 Å². The summed E-state index contributed by atoms with van der Waals surface area (Å²) in [4.78, 5) is 38.0. The van der Waals surface area contributed by atoms with Crippen LogP contribution in [0.25, 0.3) is 6.08 Å². The first-order valence-electron chi connectivity index (χ1n) is 12.5. The van der Waals surface area contributed by atoms with Gasteiger partial charge < -0.3 is 24.1 Å². The van der Waals surface area contributed by atoms with E-state index in [9.17, 15) is 19.5 Å². The van der Waals surface area contributed by atoms with E-state index in [0.717, 1.165) is 0 Å². The molecule has 0 fully saturated rings. The van der Waals surface area contributed by atoms with E-state index >= 15 is 0 Å². The van der Waals surface area contributed by atoms with Crippen molar-refractivity contribution in [2.75, 3.05) is 14.2 Å². The van der Waals surface area contributed by atoms with E-state index in [1.165, 1.54) is 14.2 Å². The van der Waals surface area contributed by atoms with Crippen LogP contribution in [0.5, 0.6) is 23.0 Å². The van der Waals surface area contributed by atoms with Crippen molar-refractivity contribution in [2.45, 2.75) is 63.9 Å². The summed E-state index contributed by atoms with van der Waals surface area (Å²) in [5, 5.41) is 11.5. The number of benzene rings is 2. The molecule has 0 aromatic heterocycles. The molecule has 4 rings (SSSR count). The van der Waals surface area contributed by atoms with Crippen molar-refractivity contribution >= 4 is 23.8 Å². The van der Waals surface area contributed by atoms with Crippen LogP contribution in [0.1, 0.15) is 84.8 Å². The maximum Gasteiger partial charge on any atom is 0.342 e. The molecule has 0 amide bonds. The third kappa shape index (κ3) is 5.96. The van der Waals surface area contributed by atoms with Crippen LogP contribution in [0.15, 0.2) is 30.3 Å². The van der Waals surface area contributed by atoms with Crippen molar-refractivity contribution in [1.29, 1.82) is 0 Å². The number of ketones is 1. The molecule has 0 saturated heterocycles. The lowest BCUT2D eigenvalue weighted by molar-refractivity contribution is -0.135. The molecule has 0 radical (unpaired) electrons. The summed E-state index contributed by atoms with van der Waals surface area (Å²) in [6.45, 7) is 1.77. The van der Waals surface area contributed by atoms with Crippen LogP contribution in [-0.4, -0.2) is 43.2 Å². The smallest absolute Gasteiger partial charge is 0.342 e. The van der Waals surface area contributed by atoms with Crippen molar-refractivity contribution in [1.82, 2.24) is 0 Å². The van der Waals surface area contributed by atoms with E-state index in [2.05, 4.69) is 0 Å². The summed E-state index contributed by atoms with van der Waals surface area (Å²) in [5.74, 6) is -0.573. The van der Waals surface area contributed by atoms with Gasteiger partial charge in [0.25, 0.3) is 0 Å². The predicted octanol–water partition coefficient (Wildman–Crippen LogP) is 5.33. The second-order valence-corrected chi connectivity index (χ2v) is 9.42. The molecular formula is C29H32O8. The Hall–Kier alpha value is -3.81. The average Bonchev–Trinajstić information content (AvgIpc) is 2.86. The first-order valence-corrected chi connectivity index (χ1v) is 12.5. The number of Topliss-reactive ketones (excluding diaryl/α,β-unsaturated/α-hetero) is 1. The molecule has 2 aromatic carbocycles. The maximum atomic E-state index is 13.3. The molecule has 2 heterocycles. The number of esters is 2. The quantitative estimate of drug-likeness (QED) is 0.438. The third-order valence-electron chi connectivity index (χ3n) is 6.75. The standard InChI is InChI=1S/C29H32O8/c1-17-8-7-11-20(30)10-6-4-5-9-18-14-24-27(28(32)26(18)29(33)36-17)23(16-25(31)37-24)19-12-21(34-2)15-22(13-19)35-3/h5,9,12-15,17,23,32H,4,6-8,10-11,16H2,1-3H3. The molecule has 0 spiro atoms. The highest BCUT2D eigenvalue weighted by atomic mass is 16.5. The number of methoxy groups -OCH3 is 2. The molecule has 0 aliphatic carbocycles. The van der Waals surface area contributed by atoms with Gasteiger partial charge in [0.15, 0.2) is 0 Å². The molecule has 0 bridgehead atoms. The molecule has 37 heavy (non-hydrogen) atoms. The lowest BCUT2D eigenvalue weighted by atomic mass is 9.83. The molecule has 2 aliphatic heterocycles. The summed E-state index contributed by atoms with van der Waals surface area (Å²) in [6, 6.07) is 6.84. The number of allylic oxidation sites excluding steroid dienone is 1. The number of hydrogen-bond acceptors (Lipinski definition) is 8. The van der Waals surface area contributed by atoms with Gasteiger partial charge >= 0.3 is 11.9 Å². The predicted molar refractivity (Wildman–Crippen MR) is 136 cm³/mol. The van der Waals surface area contributed by atoms with Gasteiger partial charge in [-0.3, -0.25) is 9.59 Å². The van der Waals surface area contributed by atoms with Crippen LogP contribution >= 0.6 is 0 Å². The Morgan fingerprint density at radius 1 is 0.973 bits per heavy atom. The van der Waals surface area contributed by atoms with Gasteiger partial charge in [0.2, 0.25) is 0 Å². The zero-order valence-electron chi connectivity index (χ0n) is 21.4. The molecule has 0 saturated carbocycles. The molecule has 2 atom stereocenters. The van der Waals surface area contributed by atoms with E-state index in [1.807, 2.05) is 6.08 Å². The average molecular weight is 509 g/mol. The van der Waals surface area contributed by atoms with Gasteiger partial charge in [0.1, 0.15) is 34.3 Å². The number of phenols is 1. The van der Waals surface area contributed by atoms with Gasteiger partial charge in [-0.25, -0.2) is 4.79 Å². The molecule has 2 unspecified atom stereocenters. The van der Waals surface area contributed by atoms with E-state index in [1.54, 1.807) is 37.3 Å². The minimum absolute atomic E-state index is 0.0211. The minimum atomic E-state index is -0.672. The fourth-order valence-electron chi connectivity index (χ4n) is 4.83. The highest BCUT2D eigenvalue weighted by Gasteiger charge is 2.36. The fourth-order valence-corrected chi connectivity index (χ4v) is 4.83. The Bertz CT molecular complexity index is 1210. The summed E-state index contributed by atoms with van der Waals surface area (Å²) < 4.78 is 22.0. The zero-order chi connectivity index (χ0) is 26.5. The highest BCUT2D eigenvalue weighted by Crippen LogP contribution is 2.48. The second-order valence-electron chi connectivity index (χ2n) is 9.42. The Kier molecular flexibility index (Phi) is 8.16. The highest BCUT2D eigenvalue weighted by molar-refractivity contribution is 5.98. The fraction of sp³-hybridized carbons (Fsp3) is 0.414. The van der Waals surface area contributed by atoms with E-state index in [4.69, 9.17) is 18.9 Å². The lowest BCUT2D eigenvalue weighted by Crippen LogP contribution is -2.23. The Balaban J connectivity index is 1.84. The van der Waals surface area contributed by atoms with Crippen molar-refractivity contribution in [3.8, 4) is 23.0 Å². The van der Waals surface area contributed by atoms with E-state index in [-0.39, 0.29) is 29.3 Å². The molecule has 2 aliphatic rings. The van der Waals surface area contributed by atoms with Gasteiger partial charge in [-0.15, -0.1) is 0 Å². The topological polar surface area (TPSA) is 108 Å². The number of ether oxygens (including phenoxy) is 4. The first-order chi connectivity index (χ1) is 17.8. The SMILES string of the molecule is COc1cc(OC)cc(C2CC(=O)Oc3cc4c(c(O)c32)C(=O)OC(C)CCCC(=O)CCCC=C4)c1. The molecule has 2 aromatic rings. The van der Waals surface area contributed by atoms with Crippen molar-refractivity contribution < 1.29 is 38.4 Å². The van der Waals surface area contributed by atoms with Crippen LogP contribution in [0.4, 0.5) is 0 Å². The normalized spacial score (nSPS) is 20.7. The van der Waals surface area contributed by atoms with Crippen LogP contribution in [0, 0.1) is 0 Å². The summed E-state index contributed by atoms with van der Waals surface area (Å²) in [6.07, 6.45) is 6.50. The van der Waals surface area contributed by atoms with Gasteiger partial charge in [0, 0.05) is 30.4 Å². The molecular weight excluding hydrogens is 476 g/mol. The van der Waals surface area contributed by atoms with Crippen molar-refractivity contribution in [3.05, 3.63) is 52.6 Å². The number of phenolic OH excluding ortho intramolecular Hbond substituents is 1. The maximum absolute atomic E-state index is 13.3. The Morgan fingerprint density at radius 2 is 1.68 bits per heavy atom. The Labute approximate surface area is 216 Å². The minimum Gasteiger partial charge on any atom is -0.507 e. The van der Waals surface area contributed by atoms with Crippen LogP contribution < -0.4 is 14.2 Å². The number of carbonyl (C=O) groups is 3. The summed E-state index contributed by atoms with van der Waals surface area (Å²) >= 11 is 0. The molecule has 196 valence electrons. The second kappa shape index (κ2) is 11.5. The lowest BCUT2D eigenvalue weighted by Gasteiger charge is -2.28. The number of carbonyl (C=O) groups excluding carboxylic acids is 3. The van der Waals surface area contributed by atoms with Crippen molar-refractivity contribution in [3.63, 3.8) is 0 Å². The van der Waals surface area contributed by atoms with Gasteiger partial charge in [-0.05, 0) is 61.9 Å². The monoisotopic (exact) mass is 508 g/mol. The van der Waals surface area contributed by atoms with Crippen LogP contribution in [-0.2, 0) is 14.3 Å². The summed E-state index contributed by atoms with van der Waals surface area (Å²) in [5.41, 5.74) is 1.41. The number of hydrogen-bond donors (Lipinski definition) is 1. The third-order valence-corrected chi connectivity index (χ3v) is 6.75. The molecule has 8 nitrogen and oxygen atoms in total. The largest absolute Gasteiger partial charge is 0.507 e. The molecule has 1 N–H and O–H groups in total. The molecule has 8 heteroatoms. The van der Waals surface area contributed by atoms with Gasteiger partial charge in [-0.1, -0.05) is 12.2 Å². The van der Waals surface area contributed by atoms with Crippen LogP contribution in [0.3, 0.4) is 0 Å². The van der Waals surface area contributed by atoms with E-state index in [0.29, 0.717) is 66.7 Å². The van der Waals surface area contributed by atoms with Gasteiger partial charge in [0.05, 0.1) is 26.7 Å².